The van der Waals surface area contributed by atoms with Gasteiger partial charge in [-0.3, -0.25) is 9.36 Å². The number of para-hydroxylation sites is 1. The first-order valence-corrected chi connectivity index (χ1v) is 9.48. The number of fused-ring (bicyclic) bond motifs is 1. The summed E-state index contributed by atoms with van der Waals surface area (Å²) < 4.78 is 28.5. The van der Waals surface area contributed by atoms with Gasteiger partial charge in [0.2, 0.25) is 10.0 Å². The van der Waals surface area contributed by atoms with E-state index in [1.807, 2.05) is 25.1 Å². The van der Waals surface area contributed by atoms with Crippen LogP contribution in [0, 0.1) is 6.92 Å². The molecule has 0 bridgehead atoms. The van der Waals surface area contributed by atoms with Crippen LogP contribution in [0.3, 0.4) is 0 Å². The van der Waals surface area contributed by atoms with Crippen molar-refractivity contribution in [1.29, 1.82) is 0 Å². The summed E-state index contributed by atoms with van der Waals surface area (Å²) in [4.78, 5) is 16.7. The van der Waals surface area contributed by atoms with Crippen molar-refractivity contribution in [3.05, 3.63) is 75.8 Å². The van der Waals surface area contributed by atoms with Gasteiger partial charge in [0.25, 0.3) is 5.56 Å². The molecule has 3 rings (SSSR count). The number of nitrogens with one attached hydrogen (secondary N) is 1. The van der Waals surface area contributed by atoms with Gasteiger partial charge in [-0.15, -0.1) is 0 Å². The Hall–Kier alpha value is -2.51. The minimum Gasteiger partial charge on any atom is -0.298 e. The molecule has 0 saturated carbocycles. The summed E-state index contributed by atoms with van der Waals surface area (Å²) in [6, 6.07) is 14.4. The Morgan fingerprint density at radius 3 is 2.64 bits per heavy atom. The SMILES string of the molecule is Cc1cccc(CS(=O)(=O)NCc2nc3ccccc3c(=O)n2C)c1. The van der Waals surface area contributed by atoms with E-state index < -0.39 is 10.0 Å². The van der Waals surface area contributed by atoms with Crippen LogP contribution in [0.15, 0.2) is 53.3 Å². The van der Waals surface area contributed by atoms with Gasteiger partial charge in [-0.1, -0.05) is 42.0 Å². The first-order chi connectivity index (χ1) is 11.9. The van der Waals surface area contributed by atoms with Crippen LogP contribution in [-0.4, -0.2) is 18.0 Å². The van der Waals surface area contributed by atoms with E-state index in [1.54, 1.807) is 37.4 Å². The summed E-state index contributed by atoms with van der Waals surface area (Å²) in [5, 5.41) is 0.511. The van der Waals surface area contributed by atoms with Gasteiger partial charge < -0.3 is 0 Å². The van der Waals surface area contributed by atoms with E-state index in [2.05, 4.69) is 9.71 Å². The lowest BCUT2D eigenvalue weighted by Crippen LogP contribution is -2.30. The summed E-state index contributed by atoms with van der Waals surface area (Å²) in [7, 11) is -1.95. The lowest BCUT2D eigenvalue weighted by atomic mass is 10.2. The Kier molecular flexibility index (Phi) is 4.69. The summed E-state index contributed by atoms with van der Waals surface area (Å²) in [5.74, 6) is 0.257. The molecule has 7 heteroatoms. The Bertz CT molecular complexity index is 1090. The van der Waals surface area contributed by atoms with Gasteiger partial charge in [0.1, 0.15) is 5.82 Å². The van der Waals surface area contributed by atoms with E-state index >= 15 is 0 Å². The minimum absolute atomic E-state index is 0.0370. The maximum Gasteiger partial charge on any atom is 0.261 e. The van der Waals surface area contributed by atoms with Crippen molar-refractivity contribution in [3.63, 3.8) is 0 Å². The Morgan fingerprint density at radius 1 is 1.12 bits per heavy atom. The molecule has 6 nitrogen and oxygen atoms in total. The highest BCUT2D eigenvalue weighted by Gasteiger charge is 2.14. The molecular formula is C18H19N3O3S. The predicted molar refractivity (Wildman–Crippen MR) is 97.6 cm³/mol. The van der Waals surface area contributed by atoms with Crippen LogP contribution in [0.25, 0.3) is 10.9 Å². The second-order valence-electron chi connectivity index (χ2n) is 5.98. The molecule has 0 unspecified atom stereocenters. The highest BCUT2D eigenvalue weighted by Crippen LogP contribution is 2.10. The third-order valence-corrected chi connectivity index (χ3v) is 5.26. The van der Waals surface area contributed by atoms with Gasteiger partial charge in [0.05, 0.1) is 23.2 Å². The molecule has 1 aromatic heterocycles. The molecule has 0 radical (unpaired) electrons. The number of aryl methyl sites for hydroxylation is 1. The molecule has 0 aliphatic rings. The van der Waals surface area contributed by atoms with E-state index in [0.29, 0.717) is 22.3 Å². The molecular weight excluding hydrogens is 338 g/mol. The zero-order valence-electron chi connectivity index (χ0n) is 14.1. The number of hydrogen-bond donors (Lipinski definition) is 1. The molecule has 130 valence electrons. The molecule has 3 aromatic rings. The van der Waals surface area contributed by atoms with E-state index in [0.717, 1.165) is 5.56 Å². The number of aromatic nitrogens is 2. The topological polar surface area (TPSA) is 81.1 Å². The summed E-state index contributed by atoms with van der Waals surface area (Å²) in [6.45, 7) is 1.88. The second kappa shape index (κ2) is 6.78. The predicted octanol–water partition coefficient (Wildman–Crippen LogP) is 1.86. The number of sulfonamides is 1. The van der Waals surface area contributed by atoms with Crippen molar-refractivity contribution in [2.45, 2.75) is 19.2 Å². The summed E-state index contributed by atoms with van der Waals surface area (Å²) in [6.07, 6.45) is 0. The smallest absolute Gasteiger partial charge is 0.261 e. The number of benzene rings is 2. The fourth-order valence-electron chi connectivity index (χ4n) is 2.67. The zero-order valence-corrected chi connectivity index (χ0v) is 14.9. The Morgan fingerprint density at radius 2 is 1.88 bits per heavy atom. The van der Waals surface area contributed by atoms with Crippen molar-refractivity contribution in [1.82, 2.24) is 14.3 Å². The van der Waals surface area contributed by atoms with Crippen molar-refractivity contribution >= 4 is 20.9 Å². The van der Waals surface area contributed by atoms with Gasteiger partial charge in [0, 0.05) is 7.05 Å². The monoisotopic (exact) mass is 357 g/mol. The molecule has 0 amide bonds. The van der Waals surface area contributed by atoms with Gasteiger partial charge in [-0.2, -0.15) is 0 Å². The van der Waals surface area contributed by atoms with E-state index in [9.17, 15) is 13.2 Å². The van der Waals surface area contributed by atoms with Crippen LogP contribution < -0.4 is 10.3 Å². The van der Waals surface area contributed by atoms with Crippen LogP contribution in [0.2, 0.25) is 0 Å². The van der Waals surface area contributed by atoms with Crippen molar-refractivity contribution < 1.29 is 8.42 Å². The molecule has 0 fully saturated rings. The molecule has 0 aliphatic heterocycles. The maximum absolute atomic E-state index is 12.3. The van der Waals surface area contributed by atoms with Crippen LogP contribution in [0.4, 0.5) is 0 Å². The molecule has 0 spiro atoms. The number of hydrogen-bond acceptors (Lipinski definition) is 4. The molecule has 1 N–H and O–H groups in total. The minimum atomic E-state index is -3.54. The van der Waals surface area contributed by atoms with E-state index in [1.165, 1.54) is 4.57 Å². The normalized spacial score (nSPS) is 11.8. The van der Waals surface area contributed by atoms with Crippen molar-refractivity contribution in [2.24, 2.45) is 7.05 Å². The average molecular weight is 357 g/mol. The highest BCUT2D eigenvalue weighted by atomic mass is 32.2. The van der Waals surface area contributed by atoms with Gasteiger partial charge in [-0.05, 0) is 24.6 Å². The molecule has 0 aliphatic carbocycles. The average Bonchev–Trinajstić information content (AvgIpc) is 2.56. The third-order valence-electron chi connectivity index (χ3n) is 3.97. The Balaban J connectivity index is 1.82. The first-order valence-electron chi connectivity index (χ1n) is 7.83. The number of nitrogens with zero attached hydrogens (tertiary/aromatic N) is 2. The van der Waals surface area contributed by atoms with Crippen LogP contribution in [0.1, 0.15) is 17.0 Å². The van der Waals surface area contributed by atoms with Crippen molar-refractivity contribution in [3.8, 4) is 0 Å². The van der Waals surface area contributed by atoms with Crippen LogP contribution in [-0.2, 0) is 29.4 Å². The van der Waals surface area contributed by atoms with Gasteiger partial charge in [0.15, 0.2) is 0 Å². The number of rotatable bonds is 5. The van der Waals surface area contributed by atoms with Gasteiger partial charge in [-0.25, -0.2) is 18.1 Å². The van der Waals surface area contributed by atoms with E-state index in [-0.39, 0.29) is 17.9 Å². The molecule has 0 saturated heterocycles. The Labute approximate surface area is 146 Å². The zero-order chi connectivity index (χ0) is 18.0. The lowest BCUT2D eigenvalue weighted by molar-refractivity contribution is 0.575. The largest absolute Gasteiger partial charge is 0.298 e. The fourth-order valence-corrected chi connectivity index (χ4v) is 3.74. The van der Waals surface area contributed by atoms with Crippen LogP contribution in [0.5, 0.6) is 0 Å². The maximum atomic E-state index is 12.3. The molecule has 1 heterocycles. The second-order valence-corrected chi connectivity index (χ2v) is 7.79. The van der Waals surface area contributed by atoms with Crippen molar-refractivity contribution in [2.75, 3.05) is 0 Å². The first kappa shape index (κ1) is 17.3. The van der Waals surface area contributed by atoms with E-state index in [4.69, 9.17) is 0 Å². The third kappa shape index (κ3) is 3.94. The fraction of sp³-hybridized carbons (Fsp3) is 0.222. The lowest BCUT2D eigenvalue weighted by Gasteiger charge is -2.11. The molecule has 0 atom stereocenters. The van der Waals surface area contributed by atoms with Crippen LogP contribution >= 0.6 is 0 Å². The summed E-state index contributed by atoms with van der Waals surface area (Å²) in [5.41, 5.74) is 2.08. The quantitative estimate of drug-likeness (QED) is 0.756. The summed E-state index contributed by atoms with van der Waals surface area (Å²) >= 11 is 0. The molecule has 25 heavy (non-hydrogen) atoms. The molecule has 2 aromatic carbocycles. The van der Waals surface area contributed by atoms with Gasteiger partial charge >= 0.3 is 0 Å². The highest BCUT2D eigenvalue weighted by molar-refractivity contribution is 7.88. The standard InChI is InChI=1S/C18H19N3O3S/c1-13-6-5-7-14(10-13)12-25(23,24)19-11-17-20-16-9-4-3-8-15(16)18(22)21(17)2/h3-10,19H,11-12H2,1-2H3.